The van der Waals surface area contributed by atoms with Crippen LogP contribution < -0.4 is 36.9 Å². The molecule has 5 aromatic carbocycles. The van der Waals surface area contributed by atoms with E-state index < -0.39 is 65.8 Å². The number of imide groups is 1. The number of aromatic hydroxyl groups is 1. The molecule has 2 atom stereocenters. The third kappa shape index (κ3) is 26.0. The summed E-state index contributed by atoms with van der Waals surface area (Å²) < 4.78 is 76.1. The molecule has 1 saturated carbocycles. The fraction of sp³-hybridized carbons (Fsp3) is 0.462. The molecule has 1 fully saturated rings. The Balaban J connectivity index is 0.502. The van der Waals surface area contributed by atoms with Crippen molar-refractivity contribution in [3.8, 4) is 22.9 Å². The van der Waals surface area contributed by atoms with E-state index in [1.807, 2.05) is 67.6 Å². The van der Waals surface area contributed by atoms with Crippen LogP contribution >= 0.6 is 0 Å². The van der Waals surface area contributed by atoms with Crippen LogP contribution in [0.5, 0.6) is 11.5 Å². The molecule has 4 aliphatic rings. The molecule has 0 unspecified atom stereocenters. The number of hydrogen-bond acceptors (Lipinski definition) is 27. The van der Waals surface area contributed by atoms with Gasteiger partial charge in [-0.15, -0.1) is 5.10 Å². The van der Waals surface area contributed by atoms with Gasteiger partial charge in [-0.1, -0.05) is 104 Å². The number of unbranched alkanes of at least 4 members (excludes halogenated alkanes) is 1. The van der Waals surface area contributed by atoms with Gasteiger partial charge in [-0.05, 0) is 147 Å². The van der Waals surface area contributed by atoms with E-state index in [4.69, 9.17) is 66.6 Å². The fourth-order valence-electron chi connectivity index (χ4n) is 15.9. The molecule has 0 saturated heterocycles. The predicted molar refractivity (Wildman–Crippen MR) is 463 cm³/mol. The van der Waals surface area contributed by atoms with E-state index in [0.717, 1.165) is 46.0 Å². The van der Waals surface area contributed by atoms with E-state index in [9.17, 15) is 48.3 Å². The van der Waals surface area contributed by atoms with Crippen LogP contribution in [0, 0.1) is 11.8 Å². The van der Waals surface area contributed by atoms with Gasteiger partial charge in [0.1, 0.15) is 49.7 Å². The summed E-state index contributed by atoms with van der Waals surface area (Å²) in [7, 11) is 1.62. The van der Waals surface area contributed by atoms with Gasteiger partial charge in [0.15, 0.2) is 0 Å². The molecule has 12 rings (SSSR count). The zero-order valence-electron chi connectivity index (χ0n) is 72.0. The number of fused-ring (bicyclic) bond motifs is 5. The number of nitrogens with one attached hydrogen (secondary N) is 5. The van der Waals surface area contributed by atoms with Crippen molar-refractivity contribution < 1.29 is 105 Å². The van der Waals surface area contributed by atoms with E-state index >= 15 is 0 Å². The third-order valence-corrected chi connectivity index (χ3v) is 22.5. The highest BCUT2D eigenvalue weighted by Crippen LogP contribution is 2.44. The number of pyridine rings is 2. The molecular weight excluding hydrogens is 1640 g/mol. The number of aryl methyl sites for hydroxylation is 1. The number of phenols is 1. The van der Waals surface area contributed by atoms with Gasteiger partial charge in [0.2, 0.25) is 29.2 Å². The Morgan fingerprint density at radius 2 is 1.24 bits per heavy atom. The molecular formula is C93H113N11O23. The molecule has 3 aliphatic heterocycles. The number of methoxy groups -OCH3 is 1. The number of phenolic OH excluding ortho intramolecular Hbond substituents is 1. The van der Waals surface area contributed by atoms with Gasteiger partial charge in [0.05, 0.1) is 167 Å². The largest absolute Gasteiger partial charge is 0.510 e. The summed E-state index contributed by atoms with van der Waals surface area (Å²) in [4.78, 5) is 125. The van der Waals surface area contributed by atoms with E-state index in [1.54, 1.807) is 78.0 Å². The number of ether oxygens (including phenoxy) is 13. The Bertz CT molecular complexity index is 5010. The molecule has 6 amide bonds. The Morgan fingerprint density at radius 3 is 1.84 bits per heavy atom. The number of esters is 1. The topological polar surface area (TPSA) is 406 Å². The summed E-state index contributed by atoms with van der Waals surface area (Å²) in [5.41, 5.74) is 4.91. The first-order valence-electron chi connectivity index (χ1n) is 43.3. The highest BCUT2D eigenvalue weighted by molar-refractivity contribution is 6.13. The van der Waals surface area contributed by atoms with E-state index in [2.05, 4.69) is 61.2 Å². The first-order chi connectivity index (χ1) is 62.0. The summed E-state index contributed by atoms with van der Waals surface area (Å²) in [6, 6.07) is 40.1. The number of anilines is 1. The van der Waals surface area contributed by atoms with Crippen molar-refractivity contribution in [1.82, 2.24) is 50.7 Å². The van der Waals surface area contributed by atoms with E-state index in [-0.39, 0.29) is 105 Å². The Kier molecular flexibility index (Phi) is 35.9. The smallest absolute Gasteiger partial charge is 0.508 e. The first kappa shape index (κ1) is 94.4. The van der Waals surface area contributed by atoms with Crippen LogP contribution in [0.3, 0.4) is 0 Å². The lowest BCUT2D eigenvalue weighted by atomic mass is 9.77. The van der Waals surface area contributed by atoms with E-state index in [0.29, 0.717) is 184 Å². The fourth-order valence-corrected chi connectivity index (χ4v) is 15.9. The van der Waals surface area contributed by atoms with Crippen molar-refractivity contribution in [2.45, 2.75) is 122 Å². The predicted octanol–water partition coefficient (Wildman–Crippen LogP) is 7.80. The zero-order valence-corrected chi connectivity index (χ0v) is 72.0. The minimum Gasteiger partial charge on any atom is -0.508 e. The molecule has 8 aromatic rings. The van der Waals surface area contributed by atoms with Crippen molar-refractivity contribution in [1.29, 1.82) is 0 Å². The summed E-state index contributed by atoms with van der Waals surface area (Å²) in [6.45, 7) is 9.99. The number of amides is 6. The monoisotopic (exact) mass is 1750 g/mol. The number of carbonyl (C=O) groups is 8. The average Bonchev–Trinajstić information content (AvgIpc) is 1.67. The Labute approximate surface area is 736 Å². The number of benzene rings is 5. The van der Waals surface area contributed by atoms with Crippen LogP contribution in [0.4, 0.5) is 10.5 Å². The third-order valence-electron chi connectivity index (χ3n) is 22.5. The first-order valence-corrected chi connectivity index (χ1v) is 43.3. The van der Waals surface area contributed by atoms with Crippen LogP contribution in [-0.4, -0.2) is 234 Å². The molecule has 127 heavy (non-hydrogen) atoms. The maximum atomic E-state index is 14.3. The van der Waals surface area contributed by atoms with Gasteiger partial charge in [-0.2, -0.15) is 0 Å². The van der Waals surface area contributed by atoms with E-state index in [1.165, 1.54) is 17.1 Å². The second-order valence-electron chi connectivity index (χ2n) is 30.9. The van der Waals surface area contributed by atoms with Crippen molar-refractivity contribution in [2.24, 2.45) is 11.8 Å². The lowest BCUT2D eigenvalue weighted by Gasteiger charge is -2.37. The van der Waals surface area contributed by atoms with Crippen LogP contribution in [0.2, 0.25) is 0 Å². The number of rotatable bonds is 54. The molecule has 3 aromatic heterocycles. The zero-order chi connectivity index (χ0) is 89.2. The van der Waals surface area contributed by atoms with Crippen molar-refractivity contribution in [3.05, 3.63) is 212 Å². The standard InChI is InChI=1S/C93H113N11O23/c1-4-74-75-54-72(105)29-32-79(75)99-86-76(74)59-103-81(86)55-78-77(89(103)112)61-125-90(113)92(78,5-2)127-91(114)126-60-65-21-27-70(28-22-65)97-88(111)80(18-12-13-35-96-93(67-14-8-6-9-15-67,68-16-10-7-11-17-68)69-25-30-73(115-3)31-26-69)98-83(107)63-124-62-82(106)94-36-38-116-40-42-118-44-46-120-48-50-122-52-53-123-51-49-121-47-45-119-43-41-117-39-37-102-58-71(100-101-102)56-95-87(110)66-23-19-64(20-24-66)57-104-84(108)33-34-85(104)109/h6-11,14-17,21-22,25-34,54-55,58,64,66,80,96,105H,4-5,12-13,18-20,23-24,35-53,56-57,59-63H2,1-3H3,(H,94,106)(H,95,110)(H,97,111)(H,98,107)/t64?,66?,80-,92-/m0/s1. The molecule has 6 heterocycles. The number of hydrogen-bond donors (Lipinski definition) is 6. The lowest BCUT2D eigenvalue weighted by Crippen LogP contribution is -2.47. The highest BCUT2D eigenvalue weighted by atomic mass is 16.7. The summed E-state index contributed by atoms with van der Waals surface area (Å²) >= 11 is 0. The second-order valence-corrected chi connectivity index (χ2v) is 30.9. The van der Waals surface area contributed by atoms with Gasteiger partial charge in [0, 0.05) is 53.4 Å². The molecule has 678 valence electrons. The van der Waals surface area contributed by atoms with Gasteiger partial charge < -0.3 is 92.5 Å². The number of nitrogens with zero attached hydrogens (tertiary/aromatic N) is 6. The quantitative estimate of drug-likeness (QED) is 0.00916. The van der Waals surface area contributed by atoms with Gasteiger partial charge >= 0.3 is 12.1 Å². The van der Waals surface area contributed by atoms with Crippen LogP contribution in [0.25, 0.3) is 22.3 Å². The molecule has 34 heteroatoms. The van der Waals surface area contributed by atoms with Gasteiger partial charge in [-0.25, -0.2) is 19.3 Å². The minimum atomic E-state index is -2.04. The van der Waals surface area contributed by atoms with Crippen LogP contribution in [0.15, 0.2) is 157 Å². The van der Waals surface area contributed by atoms with Gasteiger partial charge in [0.25, 0.3) is 17.4 Å². The van der Waals surface area contributed by atoms with Crippen molar-refractivity contribution in [3.63, 3.8) is 0 Å². The maximum absolute atomic E-state index is 14.3. The molecule has 0 radical (unpaired) electrons. The van der Waals surface area contributed by atoms with Crippen LogP contribution in [-0.2, 0) is 141 Å². The number of aromatic nitrogens is 5. The summed E-state index contributed by atoms with van der Waals surface area (Å²) in [5, 5.41) is 34.6. The van der Waals surface area contributed by atoms with Crippen LogP contribution in [0.1, 0.15) is 115 Å². The molecule has 6 N–H and O–H groups in total. The number of cyclic esters (lactones) is 1. The second kappa shape index (κ2) is 48.3. The van der Waals surface area contributed by atoms with Gasteiger partial charge in [-0.3, -0.25) is 43.8 Å². The molecule has 1 aliphatic carbocycles. The molecule has 0 bridgehead atoms. The summed E-state index contributed by atoms with van der Waals surface area (Å²) in [6.07, 6.45) is 7.91. The highest BCUT2D eigenvalue weighted by Gasteiger charge is 2.51. The molecule has 0 spiro atoms. The lowest BCUT2D eigenvalue weighted by molar-refractivity contribution is -0.175. The van der Waals surface area contributed by atoms with Crippen molar-refractivity contribution in [2.75, 3.05) is 151 Å². The normalized spacial score (nSPS) is 16.1. The maximum Gasteiger partial charge on any atom is 0.510 e. The summed E-state index contributed by atoms with van der Waals surface area (Å²) in [5.74, 6) is -2.19. The Hall–Kier alpha value is -11.7. The van der Waals surface area contributed by atoms with Crippen molar-refractivity contribution >= 4 is 64.2 Å². The minimum absolute atomic E-state index is 0.0299. The number of carbonyl (C=O) groups excluding carboxylic acids is 8. The SMILES string of the molecule is CCc1c2c(nc3ccc(O)cc13)-c1cc3c(c(=O)n1C2)COC(=O)[C@@]3(CC)OC(=O)OCc1ccc(NC(=O)[C@H](CCCCNC(c2ccccc2)(c2ccccc2)c2ccc(OC)cc2)NC(=O)COCC(=O)NCCOCCOCCOCCOCCOCCOCCOCCOCCn2cc(CNC(=O)C3CCC(CN4C(=O)C=CC4=O)CC3)nn2)cc1. The Morgan fingerprint density at radius 1 is 0.638 bits per heavy atom. The average molecular weight is 1750 g/mol. The molecule has 34 nitrogen and oxygen atoms in total.